The van der Waals surface area contributed by atoms with Crippen LogP contribution >= 0.6 is 15.9 Å². The van der Waals surface area contributed by atoms with E-state index in [9.17, 15) is 14.4 Å². The van der Waals surface area contributed by atoms with Gasteiger partial charge in [0.25, 0.3) is 5.91 Å². The Bertz CT molecular complexity index is 857. The van der Waals surface area contributed by atoms with Crippen molar-refractivity contribution in [2.45, 2.75) is 32.9 Å². The molecule has 9 heteroatoms. The number of carbonyl (C=O) groups excluding carboxylic acids is 3. The van der Waals surface area contributed by atoms with Crippen LogP contribution in [-0.2, 0) is 16.1 Å². The van der Waals surface area contributed by atoms with Crippen molar-refractivity contribution < 1.29 is 23.5 Å². The van der Waals surface area contributed by atoms with Gasteiger partial charge in [0.1, 0.15) is 12.1 Å². The van der Waals surface area contributed by atoms with Crippen LogP contribution in [0.3, 0.4) is 0 Å². The van der Waals surface area contributed by atoms with Crippen molar-refractivity contribution in [3.05, 3.63) is 52.4 Å². The van der Waals surface area contributed by atoms with Crippen molar-refractivity contribution in [1.29, 1.82) is 0 Å². The summed E-state index contributed by atoms with van der Waals surface area (Å²) in [4.78, 5) is 35.8. The molecule has 0 spiro atoms. The third kappa shape index (κ3) is 7.07. The van der Waals surface area contributed by atoms with E-state index in [4.69, 9.17) is 9.15 Å². The summed E-state index contributed by atoms with van der Waals surface area (Å²) in [6.07, 6.45) is -0.673. The second-order valence-corrected chi connectivity index (χ2v) is 7.63. The maximum absolute atomic E-state index is 12.1. The number of nitrogens with one attached hydrogen (secondary N) is 3. The Kier molecular flexibility index (Phi) is 7.22. The molecule has 0 bridgehead atoms. The first-order valence-electron chi connectivity index (χ1n) is 8.52. The molecule has 0 aliphatic heterocycles. The first kappa shape index (κ1) is 21.5. The van der Waals surface area contributed by atoms with E-state index in [1.807, 2.05) is 0 Å². The molecule has 1 aromatic carbocycles. The smallest absolute Gasteiger partial charge is 0.408 e. The second kappa shape index (κ2) is 9.41. The first-order chi connectivity index (χ1) is 13.1. The summed E-state index contributed by atoms with van der Waals surface area (Å²) in [6, 6.07) is 10.2. The number of para-hydroxylation sites is 1. The van der Waals surface area contributed by atoms with Gasteiger partial charge in [-0.25, -0.2) is 4.79 Å². The summed E-state index contributed by atoms with van der Waals surface area (Å²) in [5.74, 6) is -0.618. The van der Waals surface area contributed by atoms with Crippen LogP contribution in [0.5, 0.6) is 0 Å². The summed E-state index contributed by atoms with van der Waals surface area (Å²) >= 11 is 3.14. The summed E-state index contributed by atoms with van der Waals surface area (Å²) in [5.41, 5.74) is 0.584. The molecule has 2 rings (SSSR count). The lowest BCUT2D eigenvalue weighted by atomic mass is 10.1. The molecule has 0 fully saturated rings. The fraction of sp³-hybridized carbons (Fsp3) is 0.316. The van der Waals surface area contributed by atoms with Crippen LogP contribution in [0.15, 0.2) is 45.5 Å². The van der Waals surface area contributed by atoms with Gasteiger partial charge in [-0.1, -0.05) is 18.2 Å². The molecular formula is C19H22BrN3O5. The van der Waals surface area contributed by atoms with E-state index < -0.39 is 17.6 Å². The summed E-state index contributed by atoms with van der Waals surface area (Å²) in [6.45, 7) is 5.15. The quantitative estimate of drug-likeness (QED) is 0.622. The summed E-state index contributed by atoms with van der Waals surface area (Å²) in [7, 11) is 0. The topological polar surface area (TPSA) is 110 Å². The largest absolute Gasteiger partial charge is 0.444 e. The number of anilines is 1. The van der Waals surface area contributed by atoms with Crippen LogP contribution in [0, 0.1) is 0 Å². The minimum atomic E-state index is -0.673. The van der Waals surface area contributed by atoms with Crippen molar-refractivity contribution in [2.24, 2.45) is 0 Å². The normalized spacial score (nSPS) is 10.9. The molecule has 0 atom stereocenters. The molecular weight excluding hydrogens is 430 g/mol. The summed E-state index contributed by atoms with van der Waals surface area (Å²) in [5, 5.41) is 7.82. The Labute approximate surface area is 171 Å². The van der Waals surface area contributed by atoms with E-state index in [1.165, 1.54) is 0 Å². The van der Waals surface area contributed by atoms with Crippen molar-refractivity contribution in [3.8, 4) is 0 Å². The molecule has 0 radical (unpaired) electrons. The van der Waals surface area contributed by atoms with E-state index in [1.54, 1.807) is 57.2 Å². The number of furan rings is 1. The molecule has 8 nitrogen and oxygen atoms in total. The molecule has 0 saturated carbocycles. The SMILES string of the molecule is CC(C)(C)OC(=O)NCC(=O)Nc1ccccc1CNC(=O)c1ccc(Br)o1. The van der Waals surface area contributed by atoms with Crippen LogP contribution in [-0.4, -0.2) is 30.1 Å². The van der Waals surface area contributed by atoms with E-state index in [0.29, 0.717) is 15.9 Å². The summed E-state index contributed by atoms with van der Waals surface area (Å²) < 4.78 is 10.7. The highest BCUT2D eigenvalue weighted by Crippen LogP contribution is 2.16. The lowest BCUT2D eigenvalue weighted by Crippen LogP contribution is -2.37. The maximum atomic E-state index is 12.1. The number of halogens is 1. The number of amides is 3. The van der Waals surface area contributed by atoms with Crippen LogP contribution in [0.2, 0.25) is 0 Å². The average molecular weight is 452 g/mol. The molecule has 28 heavy (non-hydrogen) atoms. The van der Waals surface area contributed by atoms with Gasteiger partial charge in [0.15, 0.2) is 10.4 Å². The van der Waals surface area contributed by atoms with Gasteiger partial charge in [0, 0.05) is 12.2 Å². The fourth-order valence-electron chi connectivity index (χ4n) is 2.16. The number of benzene rings is 1. The Morgan fingerprint density at radius 2 is 1.79 bits per heavy atom. The minimum absolute atomic E-state index is 0.176. The lowest BCUT2D eigenvalue weighted by molar-refractivity contribution is -0.115. The lowest BCUT2D eigenvalue weighted by Gasteiger charge is -2.19. The fourth-order valence-corrected chi connectivity index (χ4v) is 2.46. The standard InChI is InChI=1S/C19H22BrN3O5/c1-19(2,3)28-18(26)22-11-16(24)23-13-7-5-4-6-12(13)10-21-17(25)14-8-9-15(20)27-14/h4-9H,10-11H2,1-3H3,(H,21,25)(H,22,26)(H,23,24). The van der Waals surface area contributed by atoms with Gasteiger partial charge in [-0.15, -0.1) is 0 Å². The Morgan fingerprint density at radius 1 is 1.07 bits per heavy atom. The minimum Gasteiger partial charge on any atom is -0.444 e. The number of ether oxygens (including phenoxy) is 1. The van der Waals surface area contributed by atoms with E-state index in [0.717, 1.165) is 0 Å². The predicted octanol–water partition coefficient (Wildman–Crippen LogP) is 3.44. The number of rotatable bonds is 6. The molecule has 0 unspecified atom stereocenters. The van der Waals surface area contributed by atoms with Gasteiger partial charge in [0.05, 0.1) is 0 Å². The molecule has 3 amide bonds. The molecule has 1 heterocycles. The Morgan fingerprint density at radius 3 is 2.43 bits per heavy atom. The number of alkyl carbamates (subject to hydrolysis) is 1. The van der Waals surface area contributed by atoms with Crippen molar-refractivity contribution in [1.82, 2.24) is 10.6 Å². The van der Waals surface area contributed by atoms with E-state index >= 15 is 0 Å². The number of hydrogen-bond acceptors (Lipinski definition) is 5. The van der Waals surface area contributed by atoms with Gasteiger partial charge in [-0.05, 0) is 60.5 Å². The Hall–Kier alpha value is -2.81. The van der Waals surface area contributed by atoms with Crippen molar-refractivity contribution in [2.75, 3.05) is 11.9 Å². The molecule has 0 aliphatic carbocycles. The van der Waals surface area contributed by atoms with Crippen LogP contribution in [0.25, 0.3) is 0 Å². The third-order valence-electron chi connectivity index (χ3n) is 3.32. The van der Waals surface area contributed by atoms with Crippen LogP contribution in [0.1, 0.15) is 36.9 Å². The zero-order valence-corrected chi connectivity index (χ0v) is 17.4. The van der Waals surface area contributed by atoms with Gasteiger partial charge < -0.3 is 25.1 Å². The highest BCUT2D eigenvalue weighted by molar-refractivity contribution is 9.10. The first-order valence-corrected chi connectivity index (χ1v) is 9.31. The van der Waals surface area contributed by atoms with Gasteiger partial charge >= 0.3 is 6.09 Å². The monoisotopic (exact) mass is 451 g/mol. The molecule has 0 aliphatic rings. The zero-order chi connectivity index (χ0) is 20.7. The maximum Gasteiger partial charge on any atom is 0.408 e. The molecule has 3 N–H and O–H groups in total. The Balaban J connectivity index is 1.89. The van der Waals surface area contributed by atoms with Crippen molar-refractivity contribution >= 4 is 39.5 Å². The van der Waals surface area contributed by atoms with Crippen LogP contribution in [0.4, 0.5) is 10.5 Å². The zero-order valence-electron chi connectivity index (χ0n) is 15.8. The molecule has 0 saturated heterocycles. The third-order valence-corrected chi connectivity index (χ3v) is 3.75. The van der Waals surface area contributed by atoms with Crippen LogP contribution < -0.4 is 16.0 Å². The molecule has 1 aromatic heterocycles. The number of carbonyl (C=O) groups is 3. The van der Waals surface area contributed by atoms with E-state index in [-0.39, 0.29) is 24.8 Å². The van der Waals surface area contributed by atoms with Gasteiger partial charge in [0.2, 0.25) is 5.91 Å². The van der Waals surface area contributed by atoms with Gasteiger partial charge in [-0.2, -0.15) is 0 Å². The molecule has 2 aromatic rings. The number of hydrogen-bond donors (Lipinski definition) is 3. The highest BCUT2D eigenvalue weighted by Gasteiger charge is 2.17. The van der Waals surface area contributed by atoms with Crippen molar-refractivity contribution in [3.63, 3.8) is 0 Å². The second-order valence-electron chi connectivity index (χ2n) is 6.85. The average Bonchev–Trinajstić information content (AvgIpc) is 3.04. The molecule has 150 valence electrons. The van der Waals surface area contributed by atoms with E-state index in [2.05, 4.69) is 31.9 Å². The predicted molar refractivity (Wildman–Crippen MR) is 107 cm³/mol. The highest BCUT2D eigenvalue weighted by atomic mass is 79.9. The van der Waals surface area contributed by atoms with Gasteiger partial charge in [-0.3, -0.25) is 9.59 Å².